The lowest BCUT2D eigenvalue weighted by molar-refractivity contribution is 0.0906. The Morgan fingerprint density at radius 2 is 1.32 bits per heavy atom. The summed E-state index contributed by atoms with van der Waals surface area (Å²) in [7, 11) is 0. The summed E-state index contributed by atoms with van der Waals surface area (Å²) >= 11 is 6.71. The number of amides is 2. The predicted molar refractivity (Wildman–Crippen MR) is 244 cm³/mol. The molecule has 2 saturated heterocycles. The van der Waals surface area contributed by atoms with Crippen molar-refractivity contribution in [3.63, 3.8) is 0 Å². The molecule has 3 heterocycles. The van der Waals surface area contributed by atoms with Gasteiger partial charge in [0.2, 0.25) is 0 Å². The van der Waals surface area contributed by atoms with E-state index in [0.717, 1.165) is 86.5 Å². The Bertz CT molecular complexity index is 1860. The van der Waals surface area contributed by atoms with E-state index in [1.165, 1.54) is 12.0 Å². The fourth-order valence-corrected chi connectivity index (χ4v) is 7.02. The first-order chi connectivity index (χ1) is 27.7. The van der Waals surface area contributed by atoms with E-state index in [1.54, 1.807) is 12.1 Å². The highest BCUT2D eigenvalue weighted by atomic mass is 35.5. The lowest BCUT2D eigenvalue weighted by atomic mass is 10.0. The highest BCUT2D eigenvalue weighted by Crippen LogP contribution is 2.29. The van der Waals surface area contributed by atoms with Crippen LogP contribution in [0.2, 0.25) is 5.02 Å². The third kappa shape index (κ3) is 14.2. The average Bonchev–Trinajstić information content (AvgIpc) is 3.24. The number of halogens is 1. The van der Waals surface area contributed by atoms with Crippen molar-refractivity contribution in [3.8, 4) is 0 Å². The summed E-state index contributed by atoms with van der Waals surface area (Å²) in [4.78, 5) is 35.9. The minimum absolute atomic E-state index is 0.0358. The molecule has 0 aliphatic carbocycles. The number of benzene rings is 2. The van der Waals surface area contributed by atoms with Crippen molar-refractivity contribution >= 4 is 40.4 Å². The molecule has 0 unspecified atom stereocenters. The summed E-state index contributed by atoms with van der Waals surface area (Å²) in [5.74, 6) is 0.762. The summed E-state index contributed by atoms with van der Waals surface area (Å²) in [6, 6.07) is 17.7. The third-order valence-corrected chi connectivity index (χ3v) is 10.1. The van der Waals surface area contributed by atoms with Gasteiger partial charge in [-0.05, 0) is 86.1 Å². The fraction of sp³-hybridized carbons (Fsp3) is 0.367. The van der Waals surface area contributed by atoms with Crippen LogP contribution in [-0.4, -0.2) is 60.0 Å². The monoisotopic (exact) mass is 789 g/mol. The molecular formula is C49H64ClN5O2. The number of rotatable bonds is 13. The number of hydrogen-bond acceptors (Lipinski definition) is 5. The standard InChI is InChI=1S/C44H50ClN5O2.C3H8.C2H6/c1-5-9-13-33(7-3)35-15-11-16-36(29-35)43(51)47-37-21-25-49(26-22-37)31-32-19-20-41(46-30-32)50-27-23-38(24-28-50)48-44(52)40-18-12-17-39(42(40)45)34(8-4)14-10-6-2;1-3-2;1-2/h5-20,29-30,37-38H,3-4,21-28,31H2,1-2H3,(H,47,51)(H,48,52);3H2,1-2H3;1-2H3/b9-5-,10-6-,33-13+,34-14+;;. The molecule has 1 aromatic heterocycles. The van der Waals surface area contributed by atoms with Crippen molar-refractivity contribution in [1.29, 1.82) is 0 Å². The van der Waals surface area contributed by atoms with E-state index in [2.05, 4.69) is 59.6 Å². The zero-order valence-corrected chi connectivity index (χ0v) is 35.8. The molecule has 0 saturated carbocycles. The minimum atomic E-state index is -0.158. The van der Waals surface area contributed by atoms with Gasteiger partial charge in [-0.15, -0.1) is 0 Å². The average molecular weight is 791 g/mol. The Morgan fingerprint density at radius 1 is 0.772 bits per heavy atom. The van der Waals surface area contributed by atoms with Crippen LogP contribution < -0.4 is 15.5 Å². The highest BCUT2D eigenvalue weighted by molar-refractivity contribution is 6.35. The Morgan fingerprint density at radius 3 is 1.89 bits per heavy atom. The van der Waals surface area contributed by atoms with E-state index in [0.29, 0.717) is 16.1 Å². The number of hydrogen-bond donors (Lipinski definition) is 2. The molecule has 2 fully saturated rings. The Labute approximate surface area is 348 Å². The van der Waals surface area contributed by atoms with Crippen LogP contribution >= 0.6 is 11.6 Å². The first kappa shape index (κ1) is 46.4. The summed E-state index contributed by atoms with van der Waals surface area (Å²) in [6.07, 6.45) is 22.0. The molecule has 2 aromatic carbocycles. The maximum atomic E-state index is 13.2. The number of carbonyl (C=O) groups excluding carboxylic acids is 2. The van der Waals surface area contributed by atoms with Crippen LogP contribution in [0.15, 0.2) is 123 Å². The number of carbonyl (C=O) groups is 2. The van der Waals surface area contributed by atoms with Crippen molar-refractivity contribution in [1.82, 2.24) is 20.5 Å². The van der Waals surface area contributed by atoms with Gasteiger partial charge in [0, 0.05) is 62.1 Å². The van der Waals surface area contributed by atoms with Crippen molar-refractivity contribution in [3.05, 3.63) is 155 Å². The van der Waals surface area contributed by atoms with Gasteiger partial charge >= 0.3 is 0 Å². The molecule has 0 radical (unpaired) electrons. The number of allylic oxidation sites excluding steroid dienone is 10. The van der Waals surface area contributed by atoms with Gasteiger partial charge in [-0.1, -0.05) is 138 Å². The van der Waals surface area contributed by atoms with Crippen LogP contribution in [0, 0.1) is 0 Å². The molecule has 7 nitrogen and oxygen atoms in total. The number of nitrogens with zero attached hydrogens (tertiary/aromatic N) is 3. The van der Waals surface area contributed by atoms with Gasteiger partial charge in [0.15, 0.2) is 0 Å². The zero-order chi connectivity index (χ0) is 41.6. The summed E-state index contributed by atoms with van der Waals surface area (Å²) in [5.41, 5.74) is 5.92. The van der Waals surface area contributed by atoms with E-state index in [9.17, 15) is 9.59 Å². The number of likely N-dealkylation sites (tertiary alicyclic amines) is 1. The molecule has 2 aliphatic rings. The molecule has 3 aromatic rings. The third-order valence-electron chi connectivity index (χ3n) is 9.68. The molecule has 0 spiro atoms. The van der Waals surface area contributed by atoms with Gasteiger partial charge in [0.05, 0.1) is 10.6 Å². The van der Waals surface area contributed by atoms with Gasteiger partial charge in [-0.3, -0.25) is 14.5 Å². The molecular weight excluding hydrogens is 726 g/mol. The first-order valence-corrected chi connectivity index (χ1v) is 21.0. The van der Waals surface area contributed by atoms with E-state index >= 15 is 0 Å². The lowest BCUT2D eigenvalue weighted by Gasteiger charge is -2.34. The van der Waals surface area contributed by atoms with Crippen LogP contribution in [-0.2, 0) is 6.54 Å². The Hall–Kier alpha value is -4.98. The van der Waals surface area contributed by atoms with E-state index in [-0.39, 0.29) is 23.9 Å². The van der Waals surface area contributed by atoms with Gasteiger partial charge in [-0.25, -0.2) is 4.98 Å². The number of pyridine rings is 1. The van der Waals surface area contributed by atoms with Crippen molar-refractivity contribution < 1.29 is 9.59 Å². The van der Waals surface area contributed by atoms with Crippen molar-refractivity contribution in [2.24, 2.45) is 0 Å². The largest absolute Gasteiger partial charge is 0.356 e. The molecule has 2 aliphatic heterocycles. The molecule has 8 heteroatoms. The normalized spacial score (nSPS) is 15.7. The van der Waals surface area contributed by atoms with Gasteiger partial charge in [-0.2, -0.15) is 0 Å². The number of piperidine rings is 2. The quantitative estimate of drug-likeness (QED) is 0.169. The minimum Gasteiger partial charge on any atom is -0.356 e. The van der Waals surface area contributed by atoms with E-state index < -0.39 is 0 Å². The maximum Gasteiger partial charge on any atom is 0.253 e. The second kappa shape index (κ2) is 25.3. The van der Waals surface area contributed by atoms with E-state index in [1.807, 2.05) is 113 Å². The first-order valence-electron chi connectivity index (χ1n) is 20.6. The Kier molecular flexibility index (Phi) is 20.6. The molecule has 0 atom stereocenters. The van der Waals surface area contributed by atoms with Crippen LogP contribution in [0.1, 0.15) is 111 Å². The van der Waals surface area contributed by atoms with Gasteiger partial charge in [0.1, 0.15) is 5.82 Å². The fourth-order valence-electron chi connectivity index (χ4n) is 6.70. The Balaban J connectivity index is 0.00000166. The molecule has 5 rings (SSSR count). The number of nitrogens with one attached hydrogen (secondary N) is 2. The van der Waals surface area contributed by atoms with Crippen molar-refractivity contribution in [2.45, 2.75) is 92.3 Å². The summed E-state index contributed by atoms with van der Waals surface area (Å²) in [6.45, 7) is 24.3. The number of aromatic nitrogens is 1. The SMILES string of the molecule is C=C/C(=C\C=C/C)c1cccc(C(=O)NC2CCN(Cc3ccc(N4CCC(NC(=O)c5cccc(/C(C=C)=C/C=C\C)c5Cl)CC4)nc3)CC2)c1.CC.CCC. The molecule has 2 amide bonds. The summed E-state index contributed by atoms with van der Waals surface area (Å²) in [5, 5.41) is 6.88. The van der Waals surface area contributed by atoms with E-state index in [4.69, 9.17) is 16.6 Å². The van der Waals surface area contributed by atoms with Crippen LogP contribution in [0.5, 0.6) is 0 Å². The topological polar surface area (TPSA) is 77.6 Å². The predicted octanol–water partition coefficient (Wildman–Crippen LogP) is 11.3. The van der Waals surface area contributed by atoms with Crippen molar-refractivity contribution in [2.75, 3.05) is 31.1 Å². The summed E-state index contributed by atoms with van der Waals surface area (Å²) < 4.78 is 0. The van der Waals surface area contributed by atoms with Gasteiger partial charge in [0.25, 0.3) is 11.8 Å². The second-order valence-corrected chi connectivity index (χ2v) is 14.3. The van der Waals surface area contributed by atoms with Gasteiger partial charge < -0.3 is 15.5 Å². The van der Waals surface area contributed by atoms with Crippen LogP contribution in [0.4, 0.5) is 5.82 Å². The lowest BCUT2D eigenvalue weighted by Crippen LogP contribution is -2.45. The highest BCUT2D eigenvalue weighted by Gasteiger charge is 2.25. The zero-order valence-electron chi connectivity index (χ0n) is 35.1. The molecule has 0 bridgehead atoms. The molecule has 2 N–H and O–H groups in total. The molecule has 304 valence electrons. The second-order valence-electron chi connectivity index (χ2n) is 13.9. The van der Waals surface area contributed by atoms with Crippen LogP contribution in [0.25, 0.3) is 11.1 Å². The molecule has 57 heavy (non-hydrogen) atoms. The number of anilines is 1. The smallest absolute Gasteiger partial charge is 0.253 e. The van der Waals surface area contributed by atoms with Crippen LogP contribution in [0.3, 0.4) is 0 Å². The maximum absolute atomic E-state index is 13.2.